The number of amides is 1. The number of H-pyrrole nitrogens is 1. The third kappa shape index (κ3) is 3.62. The van der Waals surface area contributed by atoms with E-state index < -0.39 is 11.5 Å². The predicted octanol–water partition coefficient (Wildman–Crippen LogP) is 5.52. The number of nitrogens with one attached hydrogen (secondary N) is 2. The van der Waals surface area contributed by atoms with E-state index in [0.29, 0.717) is 11.4 Å². The standard InChI is InChI=1S/C23H17BrN2O2/c1-14-6-10-21(19(24)12-14)26-23(28)18-9-11-20(25-22(18)27)17-8-7-15-4-2-3-5-16(15)13-17/h2-13H,1H3,(H,25,27)(H,26,28). The average molecular weight is 433 g/mol. The molecular formula is C23H17BrN2O2. The third-order valence-corrected chi connectivity index (χ3v) is 5.24. The van der Waals surface area contributed by atoms with Gasteiger partial charge in [-0.3, -0.25) is 9.59 Å². The number of aromatic amines is 1. The maximum Gasteiger partial charge on any atom is 0.261 e. The lowest BCUT2D eigenvalue weighted by Crippen LogP contribution is -2.23. The zero-order valence-corrected chi connectivity index (χ0v) is 16.7. The molecule has 2 N–H and O–H groups in total. The fourth-order valence-corrected chi connectivity index (χ4v) is 3.68. The van der Waals surface area contributed by atoms with Crippen molar-refractivity contribution in [1.82, 2.24) is 4.98 Å². The van der Waals surface area contributed by atoms with Gasteiger partial charge >= 0.3 is 0 Å². The summed E-state index contributed by atoms with van der Waals surface area (Å²) >= 11 is 3.43. The Bertz CT molecular complexity index is 1260. The molecule has 3 aromatic carbocycles. The van der Waals surface area contributed by atoms with Crippen LogP contribution in [0.25, 0.3) is 22.0 Å². The number of rotatable bonds is 3. The van der Waals surface area contributed by atoms with Crippen molar-refractivity contribution in [3.63, 3.8) is 0 Å². The van der Waals surface area contributed by atoms with Crippen molar-refractivity contribution >= 4 is 38.3 Å². The number of hydrogen-bond acceptors (Lipinski definition) is 2. The molecule has 0 aliphatic heterocycles. The molecule has 28 heavy (non-hydrogen) atoms. The summed E-state index contributed by atoms with van der Waals surface area (Å²) < 4.78 is 0.769. The molecule has 0 unspecified atom stereocenters. The smallest absolute Gasteiger partial charge is 0.261 e. The molecule has 0 fully saturated rings. The van der Waals surface area contributed by atoms with Crippen LogP contribution >= 0.6 is 15.9 Å². The maximum atomic E-state index is 12.5. The van der Waals surface area contributed by atoms with Gasteiger partial charge in [0, 0.05) is 10.2 Å². The van der Waals surface area contributed by atoms with Crippen LogP contribution in [-0.4, -0.2) is 10.9 Å². The van der Waals surface area contributed by atoms with Gasteiger partial charge in [0.2, 0.25) is 0 Å². The second-order valence-electron chi connectivity index (χ2n) is 6.61. The topological polar surface area (TPSA) is 62.0 Å². The molecule has 0 radical (unpaired) electrons. The highest BCUT2D eigenvalue weighted by atomic mass is 79.9. The normalized spacial score (nSPS) is 10.8. The van der Waals surface area contributed by atoms with Crippen LogP contribution in [-0.2, 0) is 0 Å². The van der Waals surface area contributed by atoms with Gasteiger partial charge in [-0.2, -0.15) is 0 Å². The van der Waals surface area contributed by atoms with Gasteiger partial charge in [-0.05, 0) is 75.1 Å². The second-order valence-corrected chi connectivity index (χ2v) is 7.47. The van der Waals surface area contributed by atoms with E-state index in [4.69, 9.17) is 0 Å². The molecule has 5 heteroatoms. The van der Waals surface area contributed by atoms with E-state index in [1.54, 1.807) is 18.2 Å². The number of halogens is 1. The summed E-state index contributed by atoms with van der Waals surface area (Å²) in [6.45, 7) is 1.96. The Morgan fingerprint density at radius 3 is 2.46 bits per heavy atom. The van der Waals surface area contributed by atoms with Crippen molar-refractivity contribution < 1.29 is 4.79 Å². The van der Waals surface area contributed by atoms with Crippen LogP contribution in [0.3, 0.4) is 0 Å². The Labute approximate surface area is 170 Å². The summed E-state index contributed by atoms with van der Waals surface area (Å²) in [7, 11) is 0. The molecule has 0 aliphatic carbocycles. The highest BCUT2D eigenvalue weighted by Crippen LogP contribution is 2.24. The van der Waals surface area contributed by atoms with E-state index in [2.05, 4.69) is 26.2 Å². The fraction of sp³-hybridized carbons (Fsp3) is 0.0435. The van der Waals surface area contributed by atoms with Crippen molar-refractivity contribution in [3.05, 3.63) is 98.7 Å². The monoisotopic (exact) mass is 432 g/mol. The van der Waals surface area contributed by atoms with Gasteiger partial charge in [-0.1, -0.05) is 42.5 Å². The molecule has 138 valence electrons. The highest BCUT2D eigenvalue weighted by molar-refractivity contribution is 9.10. The van der Waals surface area contributed by atoms with E-state index in [1.807, 2.05) is 61.5 Å². The van der Waals surface area contributed by atoms with Gasteiger partial charge in [0.25, 0.3) is 11.5 Å². The van der Waals surface area contributed by atoms with Gasteiger partial charge < -0.3 is 10.3 Å². The lowest BCUT2D eigenvalue weighted by molar-refractivity contribution is 0.102. The zero-order valence-electron chi connectivity index (χ0n) is 15.1. The number of anilines is 1. The second kappa shape index (κ2) is 7.44. The quantitative estimate of drug-likeness (QED) is 0.447. The van der Waals surface area contributed by atoms with Crippen molar-refractivity contribution in [3.8, 4) is 11.3 Å². The maximum absolute atomic E-state index is 12.5. The summed E-state index contributed by atoms with van der Waals surface area (Å²) in [5.74, 6) is -0.448. The van der Waals surface area contributed by atoms with Crippen LogP contribution in [0.2, 0.25) is 0 Å². The summed E-state index contributed by atoms with van der Waals surface area (Å²) in [6, 6.07) is 22.9. The van der Waals surface area contributed by atoms with E-state index in [-0.39, 0.29) is 5.56 Å². The first-order valence-electron chi connectivity index (χ1n) is 8.81. The number of carbonyl (C=O) groups is 1. The van der Waals surface area contributed by atoms with Gasteiger partial charge in [0.1, 0.15) is 5.56 Å². The van der Waals surface area contributed by atoms with Crippen LogP contribution in [0.5, 0.6) is 0 Å². The first kappa shape index (κ1) is 18.2. The van der Waals surface area contributed by atoms with Gasteiger partial charge in [0.15, 0.2) is 0 Å². The number of aryl methyl sites for hydroxylation is 1. The van der Waals surface area contributed by atoms with Gasteiger partial charge in [0.05, 0.1) is 5.69 Å². The Balaban J connectivity index is 1.63. The molecular weight excluding hydrogens is 416 g/mol. The van der Waals surface area contributed by atoms with Gasteiger partial charge in [-0.25, -0.2) is 0 Å². The molecule has 0 bridgehead atoms. The summed E-state index contributed by atoms with van der Waals surface area (Å²) in [5, 5.41) is 4.99. The number of hydrogen-bond donors (Lipinski definition) is 2. The van der Waals surface area contributed by atoms with E-state index >= 15 is 0 Å². The van der Waals surface area contributed by atoms with Crippen molar-refractivity contribution in [1.29, 1.82) is 0 Å². The molecule has 0 aliphatic rings. The number of benzene rings is 3. The highest BCUT2D eigenvalue weighted by Gasteiger charge is 2.13. The number of pyridine rings is 1. The van der Waals surface area contributed by atoms with Crippen LogP contribution in [0.4, 0.5) is 5.69 Å². The summed E-state index contributed by atoms with van der Waals surface area (Å²) in [4.78, 5) is 27.9. The van der Waals surface area contributed by atoms with E-state index in [9.17, 15) is 9.59 Å². The van der Waals surface area contributed by atoms with E-state index in [1.165, 1.54) is 0 Å². The first-order valence-corrected chi connectivity index (χ1v) is 9.60. The van der Waals surface area contributed by atoms with E-state index in [0.717, 1.165) is 26.4 Å². The molecule has 1 aromatic heterocycles. The van der Waals surface area contributed by atoms with Crippen LogP contribution in [0.1, 0.15) is 15.9 Å². The minimum Gasteiger partial charge on any atom is -0.321 e. The van der Waals surface area contributed by atoms with Crippen molar-refractivity contribution in [2.75, 3.05) is 5.32 Å². The summed E-state index contributed by atoms with van der Waals surface area (Å²) in [5.41, 5.74) is 2.90. The van der Waals surface area contributed by atoms with Gasteiger partial charge in [-0.15, -0.1) is 0 Å². The SMILES string of the molecule is Cc1ccc(NC(=O)c2ccc(-c3ccc4ccccc4c3)[nH]c2=O)c(Br)c1. The molecule has 0 atom stereocenters. The number of fused-ring (bicyclic) bond motifs is 1. The fourth-order valence-electron chi connectivity index (χ4n) is 3.09. The predicted molar refractivity (Wildman–Crippen MR) is 117 cm³/mol. The van der Waals surface area contributed by atoms with Crippen LogP contribution in [0, 0.1) is 6.92 Å². The molecule has 1 amide bonds. The minimum absolute atomic E-state index is 0.0667. The summed E-state index contributed by atoms with van der Waals surface area (Å²) in [6.07, 6.45) is 0. The van der Waals surface area contributed by atoms with Crippen LogP contribution in [0.15, 0.2) is 82.1 Å². The molecule has 0 saturated heterocycles. The van der Waals surface area contributed by atoms with Crippen LogP contribution < -0.4 is 10.9 Å². The number of aromatic nitrogens is 1. The molecule has 4 nitrogen and oxygen atoms in total. The molecule has 0 saturated carbocycles. The zero-order chi connectivity index (χ0) is 19.7. The Hall–Kier alpha value is -3.18. The Morgan fingerprint density at radius 1 is 0.929 bits per heavy atom. The molecule has 4 rings (SSSR count). The largest absolute Gasteiger partial charge is 0.321 e. The average Bonchev–Trinajstić information content (AvgIpc) is 2.69. The molecule has 0 spiro atoms. The lowest BCUT2D eigenvalue weighted by Gasteiger charge is -2.09. The van der Waals surface area contributed by atoms with Crippen molar-refractivity contribution in [2.45, 2.75) is 6.92 Å². The third-order valence-electron chi connectivity index (χ3n) is 4.59. The Morgan fingerprint density at radius 2 is 1.71 bits per heavy atom. The Kier molecular flexibility index (Phi) is 4.84. The molecule has 4 aromatic rings. The minimum atomic E-state index is -0.448. The molecule has 1 heterocycles. The first-order chi connectivity index (χ1) is 13.5. The lowest BCUT2D eigenvalue weighted by atomic mass is 10.0. The number of carbonyl (C=O) groups excluding carboxylic acids is 1. The van der Waals surface area contributed by atoms with Crippen molar-refractivity contribution in [2.24, 2.45) is 0 Å².